The van der Waals surface area contributed by atoms with Gasteiger partial charge in [0.1, 0.15) is 23.6 Å². The first-order chi connectivity index (χ1) is 30.2. The summed E-state index contributed by atoms with van der Waals surface area (Å²) < 4.78 is 8.83. The summed E-state index contributed by atoms with van der Waals surface area (Å²) in [5, 5.41) is 24.0. The van der Waals surface area contributed by atoms with Crippen molar-refractivity contribution in [3.63, 3.8) is 0 Å². The highest BCUT2D eigenvalue weighted by Crippen LogP contribution is 2.64. The van der Waals surface area contributed by atoms with Gasteiger partial charge in [-0.05, 0) is 58.7 Å². The number of aromatic nitrogens is 4. The predicted octanol–water partition coefficient (Wildman–Crippen LogP) is 12.2. The van der Waals surface area contributed by atoms with E-state index in [0.717, 1.165) is 61.1 Å². The minimum Gasteiger partial charge on any atom is -0.457 e. The molecule has 0 amide bonds. The SMILES string of the molecule is N#Cc1cc(-n2c3ccccc3c3c4c(ccc32)-c2ccccc2C42c3ccccc3Oc3ccccc32)cc(C#N)c1-c1nc(-c2ccccc2)nc(-c2ccccc2)n1. The Morgan fingerprint density at radius 1 is 0.475 bits per heavy atom. The Bertz CT molecular complexity index is 3400. The first kappa shape index (κ1) is 34.4. The predicted molar refractivity (Wildman–Crippen MR) is 237 cm³/mol. The van der Waals surface area contributed by atoms with Crippen LogP contribution < -0.4 is 4.74 Å². The fourth-order valence-corrected chi connectivity index (χ4v) is 9.78. The molecular formula is C54H30N6O. The van der Waals surface area contributed by atoms with Gasteiger partial charge in [0.15, 0.2) is 17.5 Å². The number of fused-ring (bicyclic) bond motifs is 13. The number of nitrogens with zero attached hydrogens (tertiary/aromatic N) is 6. The van der Waals surface area contributed by atoms with Crippen molar-refractivity contribution in [3.8, 4) is 74.6 Å². The van der Waals surface area contributed by atoms with Gasteiger partial charge >= 0.3 is 0 Å². The van der Waals surface area contributed by atoms with Crippen molar-refractivity contribution in [3.05, 3.63) is 215 Å². The summed E-state index contributed by atoms with van der Waals surface area (Å²) in [7, 11) is 0. The molecule has 0 N–H and O–H groups in total. The topological polar surface area (TPSA) is 100 Å². The van der Waals surface area contributed by atoms with Crippen molar-refractivity contribution in [1.82, 2.24) is 19.5 Å². The van der Waals surface area contributed by atoms with Crippen LogP contribution in [-0.2, 0) is 5.41 Å². The van der Waals surface area contributed by atoms with Crippen LogP contribution >= 0.6 is 0 Å². The first-order valence-electron chi connectivity index (χ1n) is 20.1. The number of rotatable bonds is 4. The maximum absolute atomic E-state index is 10.9. The molecule has 0 saturated carbocycles. The van der Waals surface area contributed by atoms with Gasteiger partial charge in [0, 0.05) is 38.7 Å². The molecule has 2 aliphatic rings. The van der Waals surface area contributed by atoms with E-state index in [1.807, 2.05) is 91.0 Å². The molecule has 0 saturated heterocycles. The second-order valence-electron chi connectivity index (χ2n) is 15.3. The van der Waals surface area contributed by atoms with Crippen LogP contribution in [0.4, 0.5) is 0 Å². The third-order valence-corrected chi connectivity index (χ3v) is 12.2. The Labute approximate surface area is 350 Å². The molecule has 0 bridgehead atoms. The standard InChI is InChI=1S/C54H30N6O/c55-31-35-29-37(30-36(32-56)48(35)53-58-51(33-15-3-1-4-16-33)57-52(59-53)34-17-5-2-6-18-34)60-44-24-12-8-20-40(44)49-45(60)28-27-39-38-19-7-9-21-41(38)54(50(39)49)42-22-10-13-25-46(42)61-47-26-14-11-23-43(47)54/h1-30H. The fourth-order valence-electron chi connectivity index (χ4n) is 9.78. The molecule has 1 aliphatic carbocycles. The highest BCUT2D eigenvalue weighted by Gasteiger charge is 2.52. The number of ether oxygens (including phenoxy) is 1. The molecule has 0 fully saturated rings. The van der Waals surface area contributed by atoms with Crippen LogP contribution in [0, 0.1) is 22.7 Å². The highest BCUT2D eigenvalue weighted by molar-refractivity contribution is 6.15. The molecule has 7 heteroatoms. The Morgan fingerprint density at radius 3 is 1.62 bits per heavy atom. The molecule has 282 valence electrons. The summed E-state index contributed by atoms with van der Waals surface area (Å²) in [5.41, 5.74) is 11.2. The van der Waals surface area contributed by atoms with Crippen LogP contribution in [0.25, 0.3) is 72.8 Å². The summed E-state index contributed by atoms with van der Waals surface area (Å²) in [5.74, 6) is 2.79. The molecule has 0 radical (unpaired) electrons. The lowest BCUT2D eigenvalue weighted by atomic mass is 9.65. The van der Waals surface area contributed by atoms with E-state index in [4.69, 9.17) is 19.7 Å². The van der Waals surface area contributed by atoms with Crippen molar-refractivity contribution < 1.29 is 4.74 Å². The van der Waals surface area contributed by atoms with Crippen LogP contribution in [0.1, 0.15) is 33.4 Å². The molecule has 0 atom stereocenters. The zero-order valence-corrected chi connectivity index (χ0v) is 32.4. The smallest absolute Gasteiger partial charge is 0.166 e. The summed E-state index contributed by atoms with van der Waals surface area (Å²) >= 11 is 0. The molecular weight excluding hydrogens is 749 g/mol. The van der Waals surface area contributed by atoms with E-state index in [-0.39, 0.29) is 17.0 Å². The number of hydrogen-bond acceptors (Lipinski definition) is 6. The van der Waals surface area contributed by atoms with Crippen LogP contribution in [0.2, 0.25) is 0 Å². The minimum atomic E-state index is -0.698. The average Bonchev–Trinajstić information content (AvgIpc) is 3.82. The fraction of sp³-hybridized carbons (Fsp3) is 0.0185. The largest absolute Gasteiger partial charge is 0.457 e. The van der Waals surface area contributed by atoms with Crippen molar-refractivity contribution in [1.29, 1.82) is 10.5 Å². The zero-order chi connectivity index (χ0) is 40.7. The maximum Gasteiger partial charge on any atom is 0.166 e. The lowest BCUT2D eigenvalue weighted by Crippen LogP contribution is -2.32. The number of nitriles is 2. The molecule has 8 aromatic carbocycles. The number of hydrogen-bond donors (Lipinski definition) is 0. The lowest BCUT2D eigenvalue weighted by Gasteiger charge is -2.39. The molecule has 3 heterocycles. The third-order valence-electron chi connectivity index (χ3n) is 12.2. The van der Waals surface area contributed by atoms with Crippen molar-refractivity contribution in [2.45, 2.75) is 5.41 Å². The second kappa shape index (κ2) is 13.2. The van der Waals surface area contributed by atoms with E-state index in [0.29, 0.717) is 22.9 Å². The molecule has 12 rings (SSSR count). The van der Waals surface area contributed by atoms with Gasteiger partial charge in [-0.1, -0.05) is 146 Å². The third kappa shape index (κ3) is 4.86. The maximum atomic E-state index is 10.9. The van der Waals surface area contributed by atoms with Gasteiger partial charge in [-0.2, -0.15) is 10.5 Å². The molecule has 7 nitrogen and oxygen atoms in total. The Balaban J connectivity index is 1.14. The van der Waals surface area contributed by atoms with E-state index in [9.17, 15) is 10.5 Å². The quantitative estimate of drug-likeness (QED) is 0.176. The van der Waals surface area contributed by atoms with Gasteiger partial charge in [0.25, 0.3) is 0 Å². The van der Waals surface area contributed by atoms with Gasteiger partial charge in [-0.25, -0.2) is 15.0 Å². The Kier molecular flexibility index (Phi) is 7.44. The molecule has 1 spiro atoms. The van der Waals surface area contributed by atoms with Crippen LogP contribution in [0.15, 0.2) is 182 Å². The molecule has 61 heavy (non-hydrogen) atoms. The van der Waals surface area contributed by atoms with Gasteiger partial charge in [0.05, 0.1) is 33.1 Å². The van der Waals surface area contributed by atoms with Crippen LogP contribution in [-0.4, -0.2) is 19.5 Å². The average molecular weight is 779 g/mol. The van der Waals surface area contributed by atoms with Crippen LogP contribution in [0.3, 0.4) is 0 Å². The number of benzene rings is 8. The minimum absolute atomic E-state index is 0.254. The summed E-state index contributed by atoms with van der Waals surface area (Å²) in [6.07, 6.45) is 0. The molecule has 1 aliphatic heterocycles. The summed E-state index contributed by atoms with van der Waals surface area (Å²) in [4.78, 5) is 14.7. The highest BCUT2D eigenvalue weighted by atomic mass is 16.5. The van der Waals surface area contributed by atoms with Gasteiger partial charge in [-0.3, -0.25) is 0 Å². The Hall–Kier alpha value is -8.65. The molecule has 10 aromatic rings. The van der Waals surface area contributed by atoms with Crippen molar-refractivity contribution in [2.24, 2.45) is 0 Å². The normalized spacial score (nSPS) is 12.8. The van der Waals surface area contributed by atoms with E-state index < -0.39 is 5.41 Å². The van der Waals surface area contributed by atoms with E-state index in [1.165, 1.54) is 16.7 Å². The van der Waals surface area contributed by atoms with Gasteiger partial charge < -0.3 is 9.30 Å². The summed E-state index contributed by atoms with van der Waals surface area (Å²) in [6.45, 7) is 0. The van der Waals surface area contributed by atoms with Crippen molar-refractivity contribution in [2.75, 3.05) is 0 Å². The monoisotopic (exact) mass is 778 g/mol. The van der Waals surface area contributed by atoms with E-state index in [2.05, 4.69) is 108 Å². The summed E-state index contributed by atoms with van der Waals surface area (Å²) in [6, 6.07) is 66.2. The van der Waals surface area contributed by atoms with Crippen molar-refractivity contribution >= 4 is 21.8 Å². The van der Waals surface area contributed by atoms with E-state index >= 15 is 0 Å². The molecule has 0 unspecified atom stereocenters. The van der Waals surface area contributed by atoms with Gasteiger partial charge in [0.2, 0.25) is 0 Å². The Morgan fingerprint density at radius 2 is 1.00 bits per heavy atom. The lowest BCUT2D eigenvalue weighted by molar-refractivity contribution is 0.437. The first-order valence-corrected chi connectivity index (χ1v) is 20.1. The zero-order valence-electron chi connectivity index (χ0n) is 32.4. The van der Waals surface area contributed by atoms with Crippen LogP contribution in [0.5, 0.6) is 11.5 Å². The van der Waals surface area contributed by atoms with E-state index in [1.54, 1.807) is 0 Å². The van der Waals surface area contributed by atoms with Gasteiger partial charge in [-0.15, -0.1) is 0 Å². The molecule has 2 aromatic heterocycles. The second-order valence-corrected chi connectivity index (χ2v) is 15.3. The number of para-hydroxylation sites is 3.